The largest absolute Gasteiger partial charge is 1.00 e. The molecule has 0 spiro atoms. The number of aryl methyl sites for hydroxylation is 1. The van der Waals surface area contributed by atoms with Gasteiger partial charge in [-0.15, -0.1) is 0 Å². The van der Waals surface area contributed by atoms with Crippen LogP contribution in [0.1, 0.15) is 17.9 Å². The van der Waals surface area contributed by atoms with Crippen LogP contribution in [0.2, 0.25) is 0 Å². The maximum Gasteiger partial charge on any atom is 0.118 e. The third-order valence-electron chi connectivity index (χ3n) is 3.45. The SMILES string of the molecule is COc1ccc(-c2nc3n(c2C)CCC3)cc1.[Br-]. The fraction of sp³-hybridized carbons (Fsp3) is 0.357. The summed E-state index contributed by atoms with van der Waals surface area (Å²) in [5, 5.41) is 0. The molecule has 0 saturated carbocycles. The molecule has 0 fully saturated rings. The van der Waals surface area contributed by atoms with E-state index in [4.69, 9.17) is 9.72 Å². The van der Waals surface area contributed by atoms with Crippen molar-refractivity contribution < 1.29 is 21.7 Å². The number of hydrogen-bond acceptors (Lipinski definition) is 2. The quantitative estimate of drug-likeness (QED) is 0.769. The van der Waals surface area contributed by atoms with Gasteiger partial charge in [-0.05, 0) is 37.6 Å². The highest BCUT2D eigenvalue weighted by atomic mass is 79.9. The number of ether oxygens (including phenoxy) is 1. The minimum atomic E-state index is 0. The van der Waals surface area contributed by atoms with Gasteiger partial charge < -0.3 is 26.3 Å². The zero-order chi connectivity index (χ0) is 11.8. The Morgan fingerprint density at radius 3 is 2.56 bits per heavy atom. The summed E-state index contributed by atoms with van der Waals surface area (Å²) in [6.07, 6.45) is 2.34. The van der Waals surface area contributed by atoms with Crippen LogP contribution in [0.15, 0.2) is 24.3 Å². The van der Waals surface area contributed by atoms with E-state index < -0.39 is 0 Å². The van der Waals surface area contributed by atoms with Crippen molar-refractivity contribution >= 4 is 0 Å². The second kappa shape index (κ2) is 5.14. The number of methoxy groups -OCH3 is 1. The van der Waals surface area contributed by atoms with Crippen LogP contribution in [0.25, 0.3) is 11.3 Å². The second-order valence-electron chi connectivity index (χ2n) is 4.45. The predicted molar refractivity (Wildman–Crippen MR) is 67.3 cm³/mol. The van der Waals surface area contributed by atoms with E-state index in [2.05, 4.69) is 23.6 Å². The summed E-state index contributed by atoms with van der Waals surface area (Å²) in [5.41, 5.74) is 3.57. The van der Waals surface area contributed by atoms with Gasteiger partial charge in [0.1, 0.15) is 11.6 Å². The summed E-state index contributed by atoms with van der Waals surface area (Å²) >= 11 is 0. The summed E-state index contributed by atoms with van der Waals surface area (Å²) in [4.78, 5) is 4.74. The van der Waals surface area contributed by atoms with Crippen molar-refractivity contribution in [2.45, 2.75) is 26.3 Å². The molecular weight excluding hydrogens is 292 g/mol. The van der Waals surface area contributed by atoms with E-state index in [0.717, 1.165) is 24.4 Å². The van der Waals surface area contributed by atoms with Crippen molar-refractivity contribution in [3.8, 4) is 17.0 Å². The summed E-state index contributed by atoms with van der Waals surface area (Å²) in [6.45, 7) is 3.27. The first-order chi connectivity index (χ1) is 8.29. The Bertz CT molecular complexity index is 546. The van der Waals surface area contributed by atoms with Crippen molar-refractivity contribution in [2.75, 3.05) is 7.11 Å². The van der Waals surface area contributed by atoms with Gasteiger partial charge in [-0.1, -0.05) is 0 Å². The minimum absolute atomic E-state index is 0. The Labute approximate surface area is 118 Å². The van der Waals surface area contributed by atoms with Gasteiger partial charge in [0.25, 0.3) is 0 Å². The lowest BCUT2D eigenvalue weighted by Crippen LogP contribution is -3.00. The first-order valence-electron chi connectivity index (χ1n) is 6.00. The van der Waals surface area contributed by atoms with Crippen molar-refractivity contribution in [1.82, 2.24) is 9.55 Å². The molecule has 1 aliphatic heterocycles. The van der Waals surface area contributed by atoms with Crippen LogP contribution < -0.4 is 21.7 Å². The van der Waals surface area contributed by atoms with Crippen LogP contribution in [0.3, 0.4) is 0 Å². The maximum absolute atomic E-state index is 5.17. The van der Waals surface area contributed by atoms with E-state index in [9.17, 15) is 0 Å². The third kappa shape index (κ3) is 2.05. The Kier molecular flexibility index (Phi) is 3.76. The van der Waals surface area contributed by atoms with Gasteiger partial charge in [0.05, 0.1) is 12.8 Å². The van der Waals surface area contributed by atoms with E-state index >= 15 is 0 Å². The van der Waals surface area contributed by atoms with Crippen molar-refractivity contribution in [3.05, 3.63) is 35.8 Å². The standard InChI is InChI=1S/C14H16N2O.BrH/c1-10-14(15-13-4-3-9-16(10)13)11-5-7-12(17-2)8-6-11;/h5-8H,3-4,9H2,1-2H3;1H/p-1. The van der Waals surface area contributed by atoms with E-state index in [-0.39, 0.29) is 17.0 Å². The van der Waals surface area contributed by atoms with Gasteiger partial charge in [0, 0.05) is 24.2 Å². The number of hydrogen-bond donors (Lipinski definition) is 0. The van der Waals surface area contributed by atoms with E-state index in [1.807, 2.05) is 12.1 Å². The predicted octanol–water partition coefficient (Wildman–Crippen LogP) is -0.183. The Morgan fingerprint density at radius 2 is 1.94 bits per heavy atom. The van der Waals surface area contributed by atoms with Gasteiger partial charge in [-0.2, -0.15) is 0 Å². The smallest absolute Gasteiger partial charge is 0.118 e. The van der Waals surface area contributed by atoms with E-state index in [0.29, 0.717) is 0 Å². The van der Waals surface area contributed by atoms with Crippen LogP contribution in [0.5, 0.6) is 5.75 Å². The molecule has 1 aromatic heterocycles. The van der Waals surface area contributed by atoms with Crippen molar-refractivity contribution in [2.24, 2.45) is 0 Å². The molecule has 0 aliphatic carbocycles. The molecule has 0 bridgehead atoms. The molecule has 0 unspecified atom stereocenters. The van der Waals surface area contributed by atoms with Gasteiger partial charge >= 0.3 is 0 Å². The average molecular weight is 308 g/mol. The van der Waals surface area contributed by atoms with E-state index in [1.165, 1.54) is 23.5 Å². The number of benzene rings is 1. The molecule has 4 heteroatoms. The first kappa shape index (κ1) is 13.1. The molecule has 0 N–H and O–H groups in total. The Morgan fingerprint density at radius 1 is 1.22 bits per heavy atom. The summed E-state index contributed by atoms with van der Waals surface area (Å²) in [7, 11) is 1.69. The Hall–Kier alpha value is -1.29. The molecule has 1 aromatic carbocycles. The number of imidazole rings is 1. The van der Waals surface area contributed by atoms with Gasteiger partial charge in [0.15, 0.2) is 0 Å². The molecule has 18 heavy (non-hydrogen) atoms. The van der Waals surface area contributed by atoms with Crippen molar-refractivity contribution in [1.29, 1.82) is 0 Å². The number of rotatable bonds is 2. The zero-order valence-electron chi connectivity index (χ0n) is 10.6. The highest BCUT2D eigenvalue weighted by Gasteiger charge is 2.18. The number of halogens is 1. The molecule has 0 amide bonds. The molecule has 2 aromatic rings. The molecule has 0 radical (unpaired) electrons. The molecule has 96 valence electrons. The van der Waals surface area contributed by atoms with Crippen LogP contribution in [0.4, 0.5) is 0 Å². The van der Waals surface area contributed by atoms with Gasteiger partial charge in [-0.3, -0.25) is 0 Å². The topological polar surface area (TPSA) is 27.1 Å². The Balaban J connectivity index is 0.00000120. The molecular formula is C14H16BrN2O-. The third-order valence-corrected chi connectivity index (χ3v) is 3.45. The van der Waals surface area contributed by atoms with Crippen LogP contribution in [-0.4, -0.2) is 16.7 Å². The van der Waals surface area contributed by atoms with Crippen molar-refractivity contribution in [3.63, 3.8) is 0 Å². The molecule has 2 heterocycles. The first-order valence-corrected chi connectivity index (χ1v) is 6.00. The molecule has 3 nitrogen and oxygen atoms in total. The number of nitrogens with zero attached hydrogens (tertiary/aromatic N) is 2. The second-order valence-corrected chi connectivity index (χ2v) is 4.45. The highest BCUT2D eigenvalue weighted by molar-refractivity contribution is 5.63. The molecule has 3 rings (SSSR count). The summed E-state index contributed by atoms with van der Waals surface area (Å²) in [6, 6.07) is 8.12. The number of aromatic nitrogens is 2. The lowest BCUT2D eigenvalue weighted by molar-refractivity contribution is -0.00000393. The molecule has 0 saturated heterocycles. The fourth-order valence-electron chi connectivity index (χ4n) is 2.50. The summed E-state index contributed by atoms with van der Waals surface area (Å²) < 4.78 is 7.50. The fourth-order valence-corrected chi connectivity index (χ4v) is 2.50. The molecule has 0 atom stereocenters. The highest BCUT2D eigenvalue weighted by Crippen LogP contribution is 2.28. The molecule has 1 aliphatic rings. The summed E-state index contributed by atoms with van der Waals surface area (Å²) in [5.74, 6) is 2.12. The zero-order valence-corrected chi connectivity index (χ0v) is 12.2. The van der Waals surface area contributed by atoms with Gasteiger partial charge in [0.2, 0.25) is 0 Å². The minimum Gasteiger partial charge on any atom is -1.00 e. The lowest BCUT2D eigenvalue weighted by Gasteiger charge is -2.04. The maximum atomic E-state index is 5.17. The average Bonchev–Trinajstić information content (AvgIpc) is 2.93. The van der Waals surface area contributed by atoms with Crippen LogP contribution in [-0.2, 0) is 13.0 Å². The van der Waals surface area contributed by atoms with Crippen LogP contribution in [0, 0.1) is 6.92 Å². The van der Waals surface area contributed by atoms with E-state index in [1.54, 1.807) is 7.11 Å². The van der Waals surface area contributed by atoms with Crippen LogP contribution >= 0.6 is 0 Å². The number of fused-ring (bicyclic) bond motifs is 1. The monoisotopic (exact) mass is 307 g/mol. The normalized spacial score (nSPS) is 13.0. The lowest BCUT2D eigenvalue weighted by atomic mass is 10.1. The van der Waals surface area contributed by atoms with Gasteiger partial charge in [-0.25, -0.2) is 4.98 Å².